The van der Waals surface area contributed by atoms with E-state index in [0.29, 0.717) is 0 Å². The topological polar surface area (TPSA) is 57.4 Å². The normalized spacial score (nSPS) is 17.6. The third-order valence-electron chi connectivity index (χ3n) is 5.40. The van der Waals surface area contributed by atoms with Crippen LogP contribution in [0.3, 0.4) is 0 Å². The Kier molecular flexibility index (Phi) is 5.67. The molecule has 1 aromatic carbocycles. The molecule has 0 bridgehead atoms. The van der Waals surface area contributed by atoms with E-state index in [1.165, 1.54) is 16.5 Å². The number of benzene rings is 1. The van der Waals surface area contributed by atoms with E-state index in [-0.39, 0.29) is 18.0 Å². The summed E-state index contributed by atoms with van der Waals surface area (Å²) >= 11 is 0. The fraction of sp³-hybridized carbons (Fsp3) is 0.476. The van der Waals surface area contributed by atoms with Crippen molar-refractivity contribution in [1.29, 1.82) is 0 Å². The van der Waals surface area contributed by atoms with Crippen LogP contribution in [0, 0.1) is 0 Å². The second kappa shape index (κ2) is 7.96. The summed E-state index contributed by atoms with van der Waals surface area (Å²) in [7, 11) is 1.69. The molecule has 2 atom stereocenters. The van der Waals surface area contributed by atoms with Crippen molar-refractivity contribution in [3.05, 3.63) is 36.0 Å². The Labute approximate surface area is 155 Å². The number of methoxy groups -OCH3 is 1. The molecule has 0 unspecified atom stereocenters. The summed E-state index contributed by atoms with van der Waals surface area (Å²) in [4.78, 5) is 18.0. The number of ether oxygens (including phenoxy) is 1. The molecule has 0 spiro atoms. The van der Waals surface area contributed by atoms with Crippen molar-refractivity contribution in [2.45, 2.75) is 45.7 Å². The molecule has 2 heterocycles. The van der Waals surface area contributed by atoms with Gasteiger partial charge in [-0.3, -0.25) is 9.69 Å². The van der Waals surface area contributed by atoms with Gasteiger partial charge in [0.2, 0.25) is 5.91 Å². The molecule has 1 amide bonds. The molecule has 2 N–H and O–H groups in total. The molecule has 26 heavy (non-hydrogen) atoms. The maximum Gasteiger partial charge on any atom is 0.237 e. The standard InChI is InChI=1S/C21H29N3O2/c1-5-14(2)23-21(25)15(3)24-10-8-16(9-11-24)19-13-22-20-7-6-17(26-4)12-18(19)20/h6-8,12-15,22H,5,9-11H2,1-4H3,(H,23,25)/t14-,15+/m1/s1. The number of aromatic amines is 1. The number of rotatable bonds is 6. The fourth-order valence-corrected chi connectivity index (χ4v) is 3.40. The van der Waals surface area contributed by atoms with Gasteiger partial charge < -0.3 is 15.0 Å². The van der Waals surface area contributed by atoms with Gasteiger partial charge in [-0.25, -0.2) is 0 Å². The Hall–Kier alpha value is -2.27. The number of fused-ring (bicyclic) bond motifs is 1. The highest BCUT2D eigenvalue weighted by Gasteiger charge is 2.24. The zero-order valence-corrected chi connectivity index (χ0v) is 16.1. The molecule has 5 nitrogen and oxygen atoms in total. The number of hydrogen-bond donors (Lipinski definition) is 2. The lowest BCUT2D eigenvalue weighted by atomic mass is 9.98. The van der Waals surface area contributed by atoms with Gasteiger partial charge in [0.05, 0.1) is 13.2 Å². The Morgan fingerprint density at radius 1 is 1.38 bits per heavy atom. The smallest absolute Gasteiger partial charge is 0.237 e. The van der Waals surface area contributed by atoms with Gasteiger partial charge in [0.1, 0.15) is 5.75 Å². The van der Waals surface area contributed by atoms with Crippen molar-refractivity contribution >= 4 is 22.4 Å². The first-order chi connectivity index (χ1) is 12.5. The average Bonchev–Trinajstić information content (AvgIpc) is 3.10. The average molecular weight is 355 g/mol. The SMILES string of the molecule is CC[C@@H](C)NC(=O)[C@H](C)N1CC=C(c2c[nH]c3ccc(OC)cc23)CC1. The minimum absolute atomic E-state index is 0.107. The molecule has 140 valence electrons. The van der Waals surface area contributed by atoms with Gasteiger partial charge >= 0.3 is 0 Å². The Morgan fingerprint density at radius 2 is 2.19 bits per heavy atom. The first-order valence-electron chi connectivity index (χ1n) is 9.42. The maximum atomic E-state index is 12.4. The molecule has 1 aromatic heterocycles. The number of nitrogens with one attached hydrogen (secondary N) is 2. The van der Waals surface area contributed by atoms with Crippen molar-refractivity contribution < 1.29 is 9.53 Å². The fourth-order valence-electron chi connectivity index (χ4n) is 3.40. The summed E-state index contributed by atoms with van der Waals surface area (Å²) in [6.07, 6.45) is 6.21. The monoisotopic (exact) mass is 355 g/mol. The zero-order valence-electron chi connectivity index (χ0n) is 16.1. The van der Waals surface area contributed by atoms with E-state index in [2.05, 4.69) is 46.5 Å². The lowest BCUT2D eigenvalue weighted by Gasteiger charge is -2.31. The van der Waals surface area contributed by atoms with E-state index in [1.54, 1.807) is 7.11 Å². The predicted molar refractivity (Wildman–Crippen MR) is 106 cm³/mol. The minimum atomic E-state index is -0.107. The molecule has 0 saturated carbocycles. The number of aromatic nitrogens is 1. The molecule has 0 aliphatic carbocycles. The van der Waals surface area contributed by atoms with Gasteiger partial charge in [0, 0.05) is 41.8 Å². The van der Waals surface area contributed by atoms with Gasteiger partial charge in [-0.1, -0.05) is 13.0 Å². The lowest BCUT2D eigenvalue weighted by Crippen LogP contribution is -2.48. The molecule has 3 rings (SSSR count). The molecule has 2 aromatic rings. The maximum absolute atomic E-state index is 12.4. The summed E-state index contributed by atoms with van der Waals surface area (Å²) in [5, 5.41) is 4.27. The first-order valence-corrected chi connectivity index (χ1v) is 9.42. The molecule has 1 aliphatic heterocycles. The quantitative estimate of drug-likeness (QED) is 0.833. The number of amides is 1. The Morgan fingerprint density at radius 3 is 2.85 bits per heavy atom. The van der Waals surface area contributed by atoms with Gasteiger partial charge in [-0.2, -0.15) is 0 Å². The number of carbonyl (C=O) groups is 1. The van der Waals surface area contributed by atoms with Crippen LogP contribution in [0.2, 0.25) is 0 Å². The second-order valence-corrected chi connectivity index (χ2v) is 7.08. The molecule has 0 fully saturated rings. The summed E-state index contributed by atoms with van der Waals surface area (Å²) in [6.45, 7) is 7.80. The summed E-state index contributed by atoms with van der Waals surface area (Å²) in [6, 6.07) is 6.22. The van der Waals surface area contributed by atoms with Gasteiger partial charge in [0.25, 0.3) is 0 Å². The van der Waals surface area contributed by atoms with E-state index in [9.17, 15) is 4.79 Å². The van der Waals surface area contributed by atoms with Crippen LogP contribution in [-0.4, -0.2) is 48.1 Å². The van der Waals surface area contributed by atoms with E-state index < -0.39 is 0 Å². The third kappa shape index (κ3) is 3.78. The molecule has 0 radical (unpaired) electrons. The molecule has 0 saturated heterocycles. The summed E-state index contributed by atoms with van der Waals surface area (Å²) < 4.78 is 5.36. The number of carbonyl (C=O) groups excluding carboxylic acids is 1. The van der Waals surface area contributed by atoms with Crippen molar-refractivity contribution in [3.8, 4) is 5.75 Å². The molecule has 1 aliphatic rings. The van der Waals surface area contributed by atoms with Crippen LogP contribution in [-0.2, 0) is 4.79 Å². The van der Waals surface area contributed by atoms with Crippen LogP contribution in [0.1, 0.15) is 39.2 Å². The van der Waals surface area contributed by atoms with E-state index in [4.69, 9.17) is 4.74 Å². The summed E-state index contributed by atoms with van der Waals surface area (Å²) in [5.41, 5.74) is 3.68. The lowest BCUT2D eigenvalue weighted by molar-refractivity contribution is -0.126. The van der Waals surface area contributed by atoms with E-state index in [1.807, 2.05) is 19.9 Å². The highest BCUT2D eigenvalue weighted by atomic mass is 16.5. The van der Waals surface area contributed by atoms with E-state index >= 15 is 0 Å². The van der Waals surface area contributed by atoms with Gasteiger partial charge in [0.15, 0.2) is 0 Å². The number of hydrogen-bond acceptors (Lipinski definition) is 3. The molecule has 5 heteroatoms. The van der Waals surface area contributed by atoms with Crippen molar-refractivity contribution in [2.75, 3.05) is 20.2 Å². The van der Waals surface area contributed by atoms with Crippen molar-refractivity contribution in [2.24, 2.45) is 0 Å². The highest BCUT2D eigenvalue weighted by Crippen LogP contribution is 2.31. The molecular weight excluding hydrogens is 326 g/mol. The molecular formula is C21H29N3O2. The first kappa shape index (κ1) is 18.5. The zero-order chi connectivity index (χ0) is 18.7. The highest BCUT2D eigenvalue weighted by molar-refractivity contribution is 5.93. The van der Waals surface area contributed by atoms with Gasteiger partial charge in [-0.15, -0.1) is 0 Å². The largest absolute Gasteiger partial charge is 0.497 e. The van der Waals surface area contributed by atoms with Crippen LogP contribution in [0.15, 0.2) is 30.5 Å². The van der Waals surface area contributed by atoms with Crippen molar-refractivity contribution in [1.82, 2.24) is 15.2 Å². The van der Waals surface area contributed by atoms with E-state index in [0.717, 1.165) is 37.2 Å². The Bertz CT molecular complexity index is 809. The Balaban J connectivity index is 1.73. The van der Waals surface area contributed by atoms with Gasteiger partial charge in [-0.05, 0) is 50.5 Å². The van der Waals surface area contributed by atoms with Crippen LogP contribution < -0.4 is 10.1 Å². The number of nitrogens with zero attached hydrogens (tertiary/aromatic N) is 1. The number of H-pyrrole nitrogens is 1. The van der Waals surface area contributed by atoms with Crippen molar-refractivity contribution in [3.63, 3.8) is 0 Å². The second-order valence-electron chi connectivity index (χ2n) is 7.08. The predicted octanol–water partition coefficient (Wildman–Crippen LogP) is 3.57. The van der Waals surface area contributed by atoms with Crippen LogP contribution >= 0.6 is 0 Å². The van der Waals surface area contributed by atoms with Crippen LogP contribution in [0.25, 0.3) is 16.5 Å². The van der Waals surface area contributed by atoms with Crippen LogP contribution in [0.5, 0.6) is 5.75 Å². The van der Waals surface area contributed by atoms with Crippen LogP contribution in [0.4, 0.5) is 0 Å². The third-order valence-corrected chi connectivity index (χ3v) is 5.40. The summed E-state index contributed by atoms with van der Waals surface area (Å²) in [5.74, 6) is 0.986. The minimum Gasteiger partial charge on any atom is -0.497 e.